The molecule has 0 amide bonds. The minimum absolute atomic E-state index is 0.421. The average Bonchev–Trinajstić information content (AvgIpc) is 1.59. The van der Waals surface area contributed by atoms with Crippen LogP contribution in [0.25, 0.3) is 0 Å². The van der Waals surface area contributed by atoms with Gasteiger partial charge in [0.1, 0.15) is 0 Å². The molecule has 0 aromatic heterocycles. The molecule has 0 saturated carbocycles. The molecule has 1 aliphatic carbocycles. The normalized spacial score (nSPS) is 36.0. The molecule has 0 N–H and O–H groups in total. The van der Waals surface area contributed by atoms with Gasteiger partial charge in [0.25, 0.3) is 0 Å². The van der Waals surface area contributed by atoms with Gasteiger partial charge in [0.05, 0.1) is 7.85 Å². The maximum atomic E-state index is 5.77. The van der Waals surface area contributed by atoms with Gasteiger partial charge in [-0.3, -0.25) is 0 Å². The van der Waals surface area contributed by atoms with Crippen LogP contribution in [0.15, 0.2) is 11.6 Å². The summed E-state index contributed by atoms with van der Waals surface area (Å²) in [6.45, 7) is 4.39. The van der Waals surface area contributed by atoms with Gasteiger partial charge < -0.3 is 0 Å². The van der Waals surface area contributed by atoms with E-state index in [9.17, 15) is 0 Å². The minimum Gasteiger partial charge on any atom is -0.0828 e. The Morgan fingerprint density at radius 2 is 2.33 bits per heavy atom. The van der Waals surface area contributed by atoms with Gasteiger partial charge >= 0.3 is 0 Å². The Balaban J connectivity index is 2.56. The molecular weight excluding hydrogens is 107 g/mol. The fraction of sp³-hybridized carbons (Fsp3) is 0.750. The van der Waals surface area contributed by atoms with Gasteiger partial charge in [0.15, 0.2) is 0 Å². The largest absolute Gasteiger partial charge is 0.0828 e. The van der Waals surface area contributed by atoms with Crippen LogP contribution in [-0.4, -0.2) is 7.85 Å². The third kappa shape index (κ3) is 1.89. The van der Waals surface area contributed by atoms with Crippen molar-refractivity contribution in [3.8, 4) is 0 Å². The summed E-state index contributed by atoms with van der Waals surface area (Å²) in [6.07, 6.45) is 4.59. The standard InChI is InChI=1S/C8H13B/c1-6-3-7(2)5-8(9)4-6/h3,6,8H,4-5H2,1-2H3. The Kier molecular flexibility index (Phi) is 1.99. The van der Waals surface area contributed by atoms with Crippen LogP contribution in [0, 0.1) is 5.92 Å². The van der Waals surface area contributed by atoms with E-state index in [4.69, 9.17) is 7.85 Å². The Hall–Kier alpha value is -0.195. The molecule has 0 saturated heterocycles. The zero-order valence-electron chi connectivity index (χ0n) is 6.22. The molecule has 2 radical (unpaired) electrons. The zero-order chi connectivity index (χ0) is 6.85. The summed E-state index contributed by atoms with van der Waals surface area (Å²) in [4.78, 5) is 0. The first-order chi connectivity index (χ1) is 4.18. The monoisotopic (exact) mass is 120 g/mol. The van der Waals surface area contributed by atoms with E-state index < -0.39 is 0 Å². The summed E-state index contributed by atoms with van der Waals surface area (Å²) in [6, 6.07) is 0. The highest BCUT2D eigenvalue weighted by molar-refractivity contribution is 6.11. The van der Waals surface area contributed by atoms with Crippen molar-refractivity contribution in [3.63, 3.8) is 0 Å². The van der Waals surface area contributed by atoms with E-state index in [1.165, 1.54) is 5.57 Å². The molecule has 0 aliphatic heterocycles. The number of hydrogen-bond donors (Lipinski definition) is 0. The number of rotatable bonds is 0. The smallest absolute Gasteiger partial charge is 0.0704 e. The highest BCUT2D eigenvalue weighted by atomic mass is 14.1. The Morgan fingerprint density at radius 3 is 2.78 bits per heavy atom. The van der Waals surface area contributed by atoms with Crippen molar-refractivity contribution in [2.75, 3.05) is 0 Å². The first-order valence-corrected chi connectivity index (χ1v) is 3.61. The molecule has 0 heterocycles. The van der Waals surface area contributed by atoms with Gasteiger partial charge in [-0.2, -0.15) is 0 Å². The lowest BCUT2D eigenvalue weighted by Gasteiger charge is -2.21. The second kappa shape index (κ2) is 2.59. The summed E-state index contributed by atoms with van der Waals surface area (Å²) in [7, 11) is 5.77. The maximum absolute atomic E-state index is 5.77. The molecule has 1 rings (SSSR count). The van der Waals surface area contributed by atoms with E-state index in [-0.39, 0.29) is 0 Å². The van der Waals surface area contributed by atoms with E-state index >= 15 is 0 Å². The molecule has 1 heteroatoms. The topological polar surface area (TPSA) is 0 Å². The van der Waals surface area contributed by atoms with Crippen LogP contribution in [0.4, 0.5) is 0 Å². The number of hydrogen-bond acceptors (Lipinski definition) is 0. The fourth-order valence-electron chi connectivity index (χ4n) is 1.60. The van der Waals surface area contributed by atoms with Crippen molar-refractivity contribution in [2.45, 2.75) is 32.5 Å². The van der Waals surface area contributed by atoms with Crippen molar-refractivity contribution in [3.05, 3.63) is 11.6 Å². The maximum Gasteiger partial charge on any atom is 0.0704 e. The van der Waals surface area contributed by atoms with Crippen LogP contribution in [0.1, 0.15) is 26.7 Å². The predicted molar refractivity (Wildman–Crippen MR) is 41.7 cm³/mol. The highest BCUT2D eigenvalue weighted by Crippen LogP contribution is 2.29. The van der Waals surface area contributed by atoms with E-state index in [0.29, 0.717) is 11.7 Å². The molecular formula is C8H13B. The van der Waals surface area contributed by atoms with E-state index in [1.54, 1.807) is 0 Å². The van der Waals surface area contributed by atoms with Gasteiger partial charge in [-0.15, -0.1) is 0 Å². The van der Waals surface area contributed by atoms with Crippen LogP contribution >= 0.6 is 0 Å². The Labute approximate surface area is 58.8 Å². The SMILES string of the molecule is [B]C1CC(C)=CC(C)C1. The van der Waals surface area contributed by atoms with Crippen LogP contribution in [0.2, 0.25) is 5.82 Å². The van der Waals surface area contributed by atoms with Crippen molar-refractivity contribution in [1.82, 2.24) is 0 Å². The third-order valence-electron chi connectivity index (χ3n) is 1.83. The summed E-state index contributed by atoms with van der Waals surface area (Å²) >= 11 is 0. The molecule has 0 bridgehead atoms. The van der Waals surface area contributed by atoms with Crippen molar-refractivity contribution >= 4 is 7.85 Å². The van der Waals surface area contributed by atoms with Gasteiger partial charge in [0, 0.05) is 0 Å². The lowest BCUT2D eigenvalue weighted by molar-refractivity contribution is 0.568. The molecule has 2 unspecified atom stereocenters. The average molecular weight is 120 g/mol. The summed E-state index contributed by atoms with van der Waals surface area (Å²) in [5, 5.41) is 0. The highest BCUT2D eigenvalue weighted by Gasteiger charge is 2.12. The zero-order valence-corrected chi connectivity index (χ0v) is 6.22. The molecule has 0 aromatic rings. The van der Waals surface area contributed by atoms with Crippen LogP contribution in [0.5, 0.6) is 0 Å². The van der Waals surface area contributed by atoms with Crippen molar-refractivity contribution in [1.29, 1.82) is 0 Å². The Morgan fingerprint density at radius 1 is 1.67 bits per heavy atom. The van der Waals surface area contributed by atoms with E-state index in [1.807, 2.05) is 0 Å². The van der Waals surface area contributed by atoms with Gasteiger partial charge in [0.2, 0.25) is 0 Å². The minimum atomic E-state index is 0.421. The van der Waals surface area contributed by atoms with Crippen LogP contribution in [-0.2, 0) is 0 Å². The third-order valence-corrected chi connectivity index (χ3v) is 1.83. The lowest BCUT2D eigenvalue weighted by Crippen LogP contribution is -2.06. The van der Waals surface area contributed by atoms with Gasteiger partial charge in [-0.05, 0) is 19.3 Å². The van der Waals surface area contributed by atoms with Crippen molar-refractivity contribution < 1.29 is 0 Å². The van der Waals surface area contributed by atoms with E-state index in [2.05, 4.69) is 19.9 Å². The van der Waals surface area contributed by atoms with Gasteiger partial charge in [-0.25, -0.2) is 0 Å². The molecule has 1 aliphatic rings. The second-order valence-electron chi connectivity index (χ2n) is 3.19. The Bertz CT molecular complexity index is 127. The fourth-order valence-corrected chi connectivity index (χ4v) is 1.60. The van der Waals surface area contributed by atoms with Crippen LogP contribution in [0.3, 0.4) is 0 Å². The summed E-state index contributed by atoms with van der Waals surface area (Å²) < 4.78 is 0. The second-order valence-corrected chi connectivity index (χ2v) is 3.19. The molecule has 0 nitrogen and oxygen atoms in total. The quantitative estimate of drug-likeness (QED) is 0.340. The van der Waals surface area contributed by atoms with Crippen LogP contribution < -0.4 is 0 Å². The molecule has 0 aromatic carbocycles. The molecule has 9 heavy (non-hydrogen) atoms. The van der Waals surface area contributed by atoms with E-state index in [0.717, 1.165) is 12.8 Å². The van der Waals surface area contributed by atoms with Gasteiger partial charge in [-0.1, -0.05) is 30.8 Å². The molecule has 0 fully saturated rings. The first kappa shape index (κ1) is 6.92. The number of allylic oxidation sites excluding steroid dienone is 2. The predicted octanol–water partition coefficient (Wildman–Crippen LogP) is 2.32. The summed E-state index contributed by atoms with van der Waals surface area (Å²) in [5.41, 5.74) is 1.46. The molecule has 0 spiro atoms. The molecule has 48 valence electrons. The lowest BCUT2D eigenvalue weighted by atomic mass is 9.72. The summed E-state index contributed by atoms with van der Waals surface area (Å²) in [5.74, 6) is 1.12. The molecule has 2 atom stereocenters. The van der Waals surface area contributed by atoms with Crippen molar-refractivity contribution in [2.24, 2.45) is 5.92 Å². The first-order valence-electron chi connectivity index (χ1n) is 3.61.